The molecule has 0 spiro atoms. The monoisotopic (exact) mass is 422 g/mol. The van der Waals surface area contributed by atoms with E-state index in [1.807, 2.05) is 19.9 Å². The van der Waals surface area contributed by atoms with Crippen molar-refractivity contribution in [2.45, 2.75) is 51.2 Å². The highest BCUT2D eigenvalue weighted by atomic mass is 32.2. The standard InChI is InChI=1S/C18H26N6O4S/c1-11(2)20-18(25)28-14-6-4-12(8-14)15-9-17(23-22-15)21-16-7-5-13(10-19-16)24-29(3,26)27/h5,7,9-12,14,24H,4,6,8H2,1-3H3,(H,20,25)(H2,19,21,22,23)/t12-,14+/m0/s1. The van der Waals surface area contributed by atoms with E-state index < -0.39 is 10.0 Å². The number of amides is 1. The molecule has 2 atom stereocenters. The van der Waals surface area contributed by atoms with Crippen molar-refractivity contribution >= 4 is 33.4 Å². The molecule has 1 aliphatic rings. The Bertz CT molecular complexity index is 942. The molecule has 0 bridgehead atoms. The van der Waals surface area contributed by atoms with Crippen molar-refractivity contribution in [3.05, 3.63) is 30.1 Å². The van der Waals surface area contributed by atoms with Crippen molar-refractivity contribution in [2.75, 3.05) is 16.3 Å². The number of alkyl carbamates (subject to hydrolysis) is 1. The Balaban J connectivity index is 1.54. The maximum Gasteiger partial charge on any atom is 0.407 e. The van der Waals surface area contributed by atoms with Crippen molar-refractivity contribution in [1.82, 2.24) is 20.5 Å². The minimum atomic E-state index is -3.34. The summed E-state index contributed by atoms with van der Waals surface area (Å²) in [7, 11) is -3.34. The van der Waals surface area contributed by atoms with Crippen LogP contribution in [-0.4, -0.2) is 48.1 Å². The van der Waals surface area contributed by atoms with Crippen LogP contribution in [0.15, 0.2) is 24.4 Å². The highest BCUT2D eigenvalue weighted by molar-refractivity contribution is 7.92. The molecule has 0 aromatic carbocycles. The van der Waals surface area contributed by atoms with Crippen LogP contribution < -0.4 is 15.4 Å². The number of hydrogen-bond donors (Lipinski definition) is 4. The highest BCUT2D eigenvalue weighted by Gasteiger charge is 2.30. The van der Waals surface area contributed by atoms with E-state index in [4.69, 9.17) is 4.74 Å². The maximum absolute atomic E-state index is 11.8. The molecule has 1 aliphatic carbocycles. The summed E-state index contributed by atoms with van der Waals surface area (Å²) in [6.07, 6.45) is 4.50. The number of pyridine rings is 1. The Kier molecular flexibility index (Phi) is 6.26. The number of carbonyl (C=O) groups excluding carboxylic acids is 1. The fraction of sp³-hybridized carbons (Fsp3) is 0.500. The molecule has 10 nitrogen and oxygen atoms in total. The van der Waals surface area contributed by atoms with Gasteiger partial charge in [-0.1, -0.05) is 0 Å². The molecule has 0 unspecified atom stereocenters. The fourth-order valence-corrected chi connectivity index (χ4v) is 3.78. The van der Waals surface area contributed by atoms with Gasteiger partial charge in [0.15, 0.2) is 5.82 Å². The largest absolute Gasteiger partial charge is 0.446 e. The summed E-state index contributed by atoms with van der Waals surface area (Å²) in [5, 5.41) is 13.1. The van der Waals surface area contributed by atoms with Gasteiger partial charge < -0.3 is 15.4 Å². The number of aromatic nitrogens is 3. The number of ether oxygens (including phenoxy) is 1. The summed E-state index contributed by atoms with van der Waals surface area (Å²) in [4.78, 5) is 15.9. The van der Waals surface area contributed by atoms with Crippen molar-refractivity contribution in [2.24, 2.45) is 0 Å². The van der Waals surface area contributed by atoms with Crippen LogP contribution in [0.1, 0.15) is 44.7 Å². The summed E-state index contributed by atoms with van der Waals surface area (Å²) >= 11 is 0. The summed E-state index contributed by atoms with van der Waals surface area (Å²) in [6.45, 7) is 3.78. The summed E-state index contributed by atoms with van der Waals surface area (Å²) < 4.78 is 30.3. The van der Waals surface area contributed by atoms with Crippen LogP contribution in [0.25, 0.3) is 0 Å². The smallest absolute Gasteiger partial charge is 0.407 e. The van der Waals surface area contributed by atoms with Crippen LogP contribution in [0.2, 0.25) is 0 Å². The SMILES string of the molecule is CC(C)NC(=O)O[C@@H]1CC[C@H](c2cc(Nc3ccc(NS(C)(=O)=O)cn3)n[nH]2)C1. The van der Waals surface area contributed by atoms with Gasteiger partial charge in [-0.05, 0) is 45.2 Å². The van der Waals surface area contributed by atoms with Gasteiger partial charge >= 0.3 is 6.09 Å². The molecule has 158 valence electrons. The van der Waals surface area contributed by atoms with E-state index >= 15 is 0 Å². The van der Waals surface area contributed by atoms with Crippen molar-refractivity contribution in [3.8, 4) is 0 Å². The quantitative estimate of drug-likeness (QED) is 0.538. The molecule has 1 saturated carbocycles. The first kappa shape index (κ1) is 20.9. The number of hydrogen-bond acceptors (Lipinski definition) is 7. The van der Waals surface area contributed by atoms with Gasteiger partial charge in [0.1, 0.15) is 11.9 Å². The van der Waals surface area contributed by atoms with Crippen molar-refractivity contribution in [1.29, 1.82) is 0 Å². The molecule has 0 aliphatic heterocycles. The summed E-state index contributed by atoms with van der Waals surface area (Å²) in [6, 6.07) is 5.23. The molecule has 11 heteroatoms. The molecule has 2 aromatic heterocycles. The number of sulfonamides is 1. The van der Waals surface area contributed by atoms with E-state index in [9.17, 15) is 13.2 Å². The zero-order valence-electron chi connectivity index (χ0n) is 16.6. The number of carbonyl (C=O) groups is 1. The van der Waals surface area contributed by atoms with E-state index in [0.717, 1.165) is 31.2 Å². The molecule has 4 N–H and O–H groups in total. The molecule has 1 fully saturated rings. The van der Waals surface area contributed by atoms with Crippen LogP contribution in [0.3, 0.4) is 0 Å². The lowest BCUT2D eigenvalue weighted by Crippen LogP contribution is -2.33. The van der Waals surface area contributed by atoms with E-state index in [-0.39, 0.29) is 24.2 Å². The zero-order valence-corrected chi connectivity index (χ0v) is 17.4. The Morgan fingerprint density at radius 3 is 2.72 bits per heavy atom. The van der Waals surface area contributed by atoms with Crippen LogP contribution >= 0.6 is 0 Å². The van der Waals surface area contributed by atoms with E-state index in [0.29, 0.717) is 17.3 Å². The van der Waals surface area contributed by atoms with Gasteiger partial charge in [-0.2, -0.15) is 5.10 Å². The third-order valence-electron chi connectivity index (χ3n) is 4.43. The topological polar surface area (TPSA) is 138 Å². The minimum Gasteiger partial charge on any atom is -0.446 e. The molecule has 29 heavy (non-hydrogen) atoms. The van der Waals surface area contributed by atoms with Gasteiger partial charge in [-0.15, -0.1) is 0 Å². The van der Waals surface area contributed by atoms with Crippen LogP contribution in [0, 0.1) is 0 Å². The predicted octanol–water partition coefficient (Wildman–Crippen LogP) is 2.69. The number of nitrogens with zero attached hydrogens (tertiary/aromatic N) is 2. The molecular formula is C18H26N6O4S. The second kappa shape index (κ2) is 8.68. The van der Waals surface area contributed by atoms with Crippen LogP contribution in [-0.2, 0) is 14.8 Å². The van der Waals surface area contributed by atoms with Gasteiger partial charge in [0.25, 0.3) is 0 Å². The normalized spacial score (nSPS) is 19.2. The summed E-state index contributed by atoms with van der Waals surface area (Å²) in [5.41, 5.74) is 1.36. The summed E-state index contributed by atoms with van der Waals surface area (Å²) in [5.74, 6) is 1.39. The van der Waals surface area contributed by atoms with Gasteiger partial charge in [0.2, 0.25) is 10.0 Å². The fourth-order valence-electron chi connectivity index (χ4n) is 3.23. The molecule has 2 heterocycles. The number of aromatic amines is 1. The third kappa shape index (κ3) is 6.34. The average Bonchev–Trinajstić information content (AvgIpc) is 3.24. The first-order valence-corrected chi connectivity index (χ1v) is 11.3. The Labute approximate surface area is 169 Å². The molecule has 0 saturated heterocycles. The number of anilines is 3. The van der Waals surface area contributed by atoms with Crippen molar-refractivity contribution < 1.29 is 17.9 Å². The lowest BCUT2D eigenvalue weighted by Gasteiger charge is -2.14. The van der Waals surface area contributed by atoms with Gasteiger partial charge in [0, 0.05) is 23.7 Å². The first-order chi connectivity index (χ1) is 13.7. The molecule has 0 radical (unpaired) electrons. The Hall–Kier alpha value is -2.82. The molecular weight excluding hydrogens is 396 g/mol. The Morgan fingerprint density at radius 1 is 1.28 bits per heavy atom. The van der Waals surface area contributed by atoms with Gasteiger partial charge in [-0.3, -0.25) is 9.82 Å². The van der Waals surface area contributed by atoms with Crippen molar-refractivity contribution in [3.63, 3.8) is 0 Å². The second-order valence-electron chi connectivity index (χ2n) is 7.48. The first-order valence-electron chi connectivity index (χ1n) is 9.41. The van der Waals surface area contributed by atoms with Crippen LogP contribution in [0.4, 0.5) is 22.1 Å². The minimum absolute atomic E-state index is 0.0470. The van der Waals surface area contributed by atoms with Crippen LogP contribution in [0.5, 0.6) is 0 Å². The lowest BCUT2D eigenvalue weighted by molar-refractivity contribution is 0.0981. The molecule has 3 rings (SSSR count). The Morgan fingerprint density at radius 2 is 2.07 bits per heavy atom. The van der Waals surface area contributed by atoms with E-state index in [1.165, 1.54) is 6.20 Å². The maximum atomic E-state index is 11.8. The molecule has 2 aromatic rings. The second-order valence-corrected chi connectivity index (χ2v) is 9.22. The van der Waals surface area contributed by atoms with E-state index in [1.54, 1.807) is 12.1 Å². The van der Waals surface area contributed by atoms with E-state index in [2.05, 4.69) is 30.5 Å². The van der Waals surface area contributed by atoms with Gasteiger partial charge in [0.05, 0.1) is 18.1 Å². The lowest BCUT2D eigenvalue weighted by atomic mass is 10.0. The number of rotatable bonds is 7. The predicted molar refractivity (Wildman–Crippen MR) is 110 cm³/mol. The van der Waals surface area contributed by atoms with Gasteiger partial charge in [-0.25, -0.2) is 18.2 Å². The molecule has 1 amide bonds. The zero-order chi connectivity index (χ0) is 21.0. The number of H-pyrrole nitrogens is 1. The average molecular weight is 423 g/mol. The number of nitrogens with one attached hydrogen (secondary N) is 4. The highest BCUT2D eigenvalue weighted by Crippen LogP contribution is 2.36. The third-order valence-corrected chi connectivity index (χ3v) is 5.03.